The van der Waals surface area contributed by atoms with E-state index in [4.69, 9.17) is 33.5 Å². The monoisotopic (exact) mass is 931 g/mol. The van der Waals surface area contributed by atoms with Gasteiger partial charge in [-0.3, -0.25) is 24.7 Å². The number of nitrogens with one attached hydrogen (secondary N) is 3. The lowest BCUT2D eigenvalue weighted by atomic mass is 10.1. The number of fused-ring (bicyclic) bond motifs is 8. The van der Waals surface area contributed by atoms with Crippen LogP contribution in [0.4, 0.5) is 0 Å². The second-order valence-corrected chi connectivity index (χ2v) is 17.2. The van der Waals surface area contributed by atoms with Crippen LogP contribution in [0.25, 0.3) is 68.6 Å². The van der Waals surface area contributed by atoms with E-state index in [0.717, 1.165) is 83.8 Å². The largest absolute Gasteiger partial charge is 0.493 e. The predicted octanol–water partition coefficient (Wildman–Crippen LogP) is 5.70. The zero-order valence-corrected chi connectivity index (χ0v) is 38.6. The summed E-state index contributed by atoms with van der Waals surface area (Å²) in [5, 5.41) is 29.6. The van der Waals surface area contributed by atoms with Crippen molar-refractivity contribution in [2.45, 2.75) is 32.1 Å². The predicted molar refractivity (Wildman–Crippen MR) is 256 cm³/mol. The summed E-state index contributed by atoms with van der Waals surface area (Å²) in [4.78, 5) is 20.5. The molecule has 3 aliphatic heterocycles. The van der Waals surface area contributed by atoms with Crippen molar-refractivity contribution in [1.82, 2.24) is 55.2 Å². The Labute approximate surface area is 396 Å². The van der Waals surface area contributed by atoms with Crippen molar-refractivity contribution in [1.29, 1.82) is 0 Å². The number of nitrogens with zero attached hydrogens (tertiary/aromatic N) is 9. The third-order valence-corrected chi connectivity index (χ3v) is 12.6. The average Bonchev–Trinajstić information content (AvgIpc) is 3.55. The van der Waals surface area contributed by atoms with E-state index in [2.05, 4.69) is 63.6 Å². The molecule has 2 atom stereocenters. The maximum Gasteiger partial charge on any atom is 0.251 e. The van der Waals surface area contributed by atoms with Crippen molar-refractivity contribution in [3.05, 3.63) is 113 Å². The molecule has 3 aliphatic rings. The number of aromatic nitrogens is 10. The second kappa shape index (κ2) is 18.8. The summed E-state index contributed by atoms with van der Waals surface area (Å²) in [5.41, 5.74) is 10.7. The molecular weight excluding hydrogens is 881 g/mol. The van der Waals surface area contributed by atoms with Gasteiger partial charge in [-0.05, 0) is 67.2 Å². The number of epoxide rings is 1. The first-order valence-corrected chi connectivity index (χ1v) is 22.8. The summed E-state index contributed by atoms with van der Waals surface area (Å²) in [6.07, 6.45) is 15.6. The Bertz CT molecular complexity index is 3280. The highest BCUT2D eigenvalue weighted by Gasteiger charge is 2.40. The lowest BCUT2D eigenvalue weighted by Gasteiger charge is -2.16. The fourth-order valence-corrected chi connectivity index (χ4v) is 8.76. The molecule has 0 radical (unpaired) electrons. The maximum atomic E-state index is 13.7. The molecule has 0 spiro atoms. The van der Waals surface area contributed by atoms with Gasteiger partial charge in [0, 0.05) is 74.2 Å². The Morgan fingerprint density at radius 3 is 2.48 bits per heavy atom. The molecule has 6 aromatic heterocycles. The zero-order chi connectivity index (χ0) is 47.0. The van der Waals surface area contributed by atoms with E-state index in [-0.39, 0.29) is 18.3 Å². The number of methoxy groups -OCH3 is 1. The summed E-state index contributed by atoms with van der Waals surface area (Å²) < 4.78 is 41.7. The van der Waals surface area contributed by atoms with Crippen LogP contribution >= 0.6 is 0 Å². The molecule has 1 amide bonds. The second-order valence-electron chi connectivity index (χ2n) is 17.2. The molecular formula is C50H51N12O7+. The van der Waals surface area contributed by atoms with E-state index in [9.17, 15) is 4.79 Å². The van der Waals surface area contributed by atoms with Gasteiger partial charge < -0.3 is 33.7 Å². The van der Waals surface area contributed by atoms with Gasteiger partial charge in [0.2, 0.25) is 18.2 Å². The highest BCUT2D eigenvalue weighted by molar-refractivity contribution is 5.96. The van der Waals surface area contributed by atoms with E-state index in [1.165, 1.54) is 0 Å². The van der Waals surface area contributed by atoms with Gasteiger partial charge in [0.1, 0.15) is 29.7 Å². The molecule has 2 unspecified atom stereocenters. The molecule has 1 fully saturated rings. The highest BCUT2D eigenvalue weighted by Crippen LogP contribution is 2.41. The SMILES string of the molecule is COC1OC1c1ccc2c(c1)/C=C/c1n[nH]c3c[n+](CN(C)CCNC(=O)c4ccc5c(c4)OCCCOc4c(cnn4C)-c4cc6c(n[nH]c6cn4)/C=C/5)c(cc13)-c1cnn(C)c1COCCO2. The first-order chi connectivity index (χ1) is 33.8. The van der Waals surface area contributed by atoms with Crippen molar-refractivity contribution in [3.8, 4) is 39.9 Å². The summed E-state index contributed by atoms with van der Waals surface area (Å²) >= 11 is 0. The van der Waals surface area contributed by atoms with Gasteiger partial charge >= 0.3 is 0 Å². The number of ether oxygens (including phenoxy) is 6. The summed E-state index contributed by atoms with van der Waals surface area (Å²) in [5.74, 6) is 1.73. The van der Waals surface area contributed by atoms with Gasteiger partial charge in [-0.15, -0.1) is 0 Å². The molecule has 9 heterocycles. The number of likely N-dealkylation sites (N-methyl/N-ethyl adjacent to an activating group) is 1. The summed E-state index contributed by atoms with van der Waals surface area (Å²) in [6, 6.07) is 15.7. The molecule has 0 saturated carbocycles. The number of carbonyl (C=O) groups excluding carboxylic acids is 1. The molecule has 4 bridgehead atoms. The number of carbonyl (C=O) groups is 1. The molecule has 3 N–H and O–H groups in total. The van der Waals surface area contributed by atoms with Crippen LogP contribution in [0.15, 0.2) is 73.3 Å². The van der Waals surface area contributed by atoms with Crippen molar-refractivity contribution in [3.63, 3.8) is 0 Å². The quantitative estimate of drug-likeness (QED) is 0.124. The van der Waals surface area contributed by atoms with E-state index in [1.807, 2.05) is 86.7 Å². The lowest BCUT2D eigenvalue weighted by Crippen LogP contribution is -2.46. The summed E-state index contributed by atoms with van der Waals surface area (Å²) in [6.45, 7) is 3.31. The Kier molecular flexibility index (Phi) is 11.9. The van der Waals surface area contributed by atoms with Gasteiger partial charge in [-0.1, -0.05) is 12.1 Å². The van der Waals surface area contributed by atoms with Crippen LogP contribution in [-0.4, -0.2) is 116 Å². The number of amides is 1. The van der Waals surface area contributed by atoms with Crippen LogP contribution in [0.3, 0.4) is 0 Å². The minimum Gasteiger partial charge on any atom is -0.493 e. The van der Waals surface area contributed by atoms with Crippen LogP contribution in [0, 0.1) is 0 Å². The van der Waals surface area contributed by atoms with Crippen LogP contribution in [-0.2, 0) is 41.6 Å². The molecule has 1 saturated heterocycles. The molecule has 352 valence electrons. The van der Waals surface area contributed by atoms with Crippen molar-refractivity contribution in [2.24, 2.45) is 14.1 Å². The molecule has 11 rings (SSSR count). The molecule has 2 aromatic carbocycles. The van der Waals surface area contributed by atoms with Crippen molar-refractivity contribution < 1.29 is 37.8 Å². The Hall–Kier alpha value is -7.71. The standard InChI is InChI=1S/C50H50N12O7/c1-59(15-14-51-48(63)33-7-6-30-8-11-38-34-22-40(52-26-41(34)57-55-38)36-24-54-61(3)49(36)68-17-5-16-66-46(30)21-33)29-62-27-42-35-23-43(62)37-25-53-60(2)44(37)28-65-18-19-67-45-13-10-32(47-50(64-4)69-47)20-31(45)9-12-39(35)56-58-42/h6-13,20-27,47,50H,5,14-19,28-29H2,1-4H3,(H2,51,52,55,57,63)/p+1/b12-9+. The maximum absolute atomic E-state index is 13.7. The van der Waals surface area contributed by atoms with E-state index < -0.39 is 0 Å². The third-order valence-electron chi connectivity index (χ3n) is 12.6. The number of aromatic amines is 2. The smallest absolute Gasteiger partial charge is 0.251 e. The van der Waals surface area contributed by atoms with Crippen LogP contribution in [0.2, 0.25) is 0 Å². The van der Waals surface area contributed by atoms with E-state index in [0.29, 0.717) is 76.4 Å². The highest BCUT2D eigenvalue weighted by atomic mass is 16.8. The van der Waals surface area contributed by atoms with Gasteiger partial charge in [-0.25, -0.2) is 9.58 Å². The number of hydrogen-bond acceptors (Lipinski definition) is 13. The minimum absolute atomic E-state index is 0.116. The topological polar surface area (TPSA) is 201 Å². The lowest BCUT2D eigenvalue weighted by molar-refractivity contribution is -0.703. The molecule has 8 aromatic rings. The number of pyridine rings is 2. The Balaban J connectivity index is 0.806. The average molecular weight is 932 g/mol. The van der Waals surface area contributed by atoms with Crippen LogP contribution in [0.1, 0.15) is 56.7 Å². The number of rotatable bonds is 8. The first-order valence-electron chi connectivity index (χ1n) is 22.8. The van der Waals surface area contributed by atoms with Crippen molar-refractivity contribution >= 4 is 52.0 Å². The fourth-order valence-electron chi connectivity index (χ4n) is 8.76. The zero-order valence-electron chi connectivity index (χ0n) is 38.6. The number of H-pyrrole nitrogens is 2. The van der Waals surface area contributed by atoms with Crippen molar-refractivity contribution in [2.75, 3.05) is 53.7 Å². The van der Waals surface area contributed by atoms with Gasteiger partial charge in [0.15, 0.2) is 12.5 Å². The summed E-state index contributed by atoms with van der Waals surface area (Å²) in [7, 11) is 7.43. The van der Waals surface area contributed by atoms with Gasteiger partial charge in [-0.2, -0.15) is 25.0 Å². The van der Waals surface area contributed by atoms with E-state index >= 15 is 0 Å². The number of benzene rings is 2. The fraction of sp³-hybridized carbons (Fsp3) is 0.300. The molecule has 0 aliphatic carbocycles. The normalized spacial score (nSPS) is 17.8. The third kappa shape index (κ3) is 8.95. The van der Waals surface area contributed by atoms with Crippen LogP contribution < -0.4 is 24.1 Å². The number of aryl methyl sites for hydroxylation is 2. The van der Waals surface area contributed by atoms with Gasteiger partial charge in [0.05, 0.1) is 84.4 Å². The van der Waals surface area contributed by atoms with Crippen LogP contribution in [0.5, 0.6) is 17.4 Å². The molecule has 19 heteroatoms. The van der Waals surface area contributed by atoms with Gasteiger partial charge in [0.25, 0.3) is 5.91 Å². The first kappa shape index (κ1) is 43.8. The Morgan fingerprint density at radius 2 is 1.62 bits per heavy atom. The Morgan fingerprint density at radius 1 is 0.841 bits per heavy atom. The molecule has 69 heavy (non-hydrogen) atoms. The molecule has 19 nitrogen and oxygen atoms in total. The minimum atomic E-state index is -0.249. The number of hydrogen-bond donors (Lipinski definition) is 3. The van der Waals surface area contributed by atoms with E-state index in [1.54, 1.807) is 30.3 Å².